The van der Waals surface area contributed by atoms with Gasteiger partial charge in [0, 0.05) is 0 Å². The molecular weight excluding hydrogens is 128 g/mol. The average molecular weight is 142 g/mol. The standard InChI is InChI=1S/C8H14O2/c9-8(5-10-6-8)7-3-1-2-4-7/h7,9H,1-6H2. The van der Waals surface area contributed by atoms with Crippen molar-refractivity contribution >= 4 is 0 Å². The quantitative estimate of drug-likeness (QED) is 0.590. The van der Waals surface area contributed by atoms with E-state index < -0.39 is 5.60 Å². The van der Waals surface area contributed by atoms with Crippen LogP contribution >= 0.6 is 0 Å². The molecule has 1 aliphatic heterocycles. The zero-order chi connectivity index (χ0) is 7.03. The second kappa shape index (κ2) is 2.21. The van der Waals surface area contributed by atoms with Crippen molar-refractivity contribution in [3.05, 3.63) is 0 Å². The first-order valence-electron chi connectivity index (χ1n) is 4.11. The van der Waals surface area contributed by atoms with Crippen LogP contribution in [0, 0.1) is 5.92 Å². The van der Waals surface area contributed by atoms with Crippen molar-refractivity contribution in [2.45, 2.75) is 31.3 Å². The molecular formula is C8H14O2. The molecule has 2 nitrogen and oxygen atoms in total. The molecule has 1 saturated carbocycles. The van der Waals surface area contributed by atoms with Crippen molar-refractivity contribution in [2.75, 3.05) is 13.2 Å². The Labute approximate surface area is 61.2 Å². The van der Waals surface area contributed by atoms with Gasteiger partial charge < -0.3 is 9.84 Å². The summed E-state index contributed by atoms with van der Waals surface area (Å²) in [7, 11) is 0. The van der Waals surface area contributed by atoms with Gasteiger partial charge >= 0.3 is 0 Å². The lowest BCUT2D eigenvalue weighted by Crippen LogP contribution is -2.54. The van der Waals surface area contributed by atoms with Gasteiger partial charge in [-0.3, -0.25) is 0 Å². The lowest BCUT2D eigenvalue weighted by molar-refractivity contribution is -0.205. The van der Waals surface area contributed by atoms with Crippen LogP contribution in [0.25, 0.3) is 0 Å². The smallest absolute Gasteiger partial charge is 0.114 e. The van der Waals surface area contributed by atoms with Crippen LogP contribution in [0.15, 0.2) is 0 Å². The highest BCUT2D eigenvalue weighted by Crippen LogP contribution is 2.37. The minimum atomic E-state index is -0.420. The molecule has 0 radical (unpaired) electrons. The number of aliphatic hydroxyl groups is 1. The van der Waals surface area contributed by atoms with Crippen LogP contribution < -0.4 is 0 Å². The van der Waals surface area contributed by atoms with E-state index in [4.69, 9.17) is 4.74 Å². The summed E-state index contributed by atoms with van der Waals surface area (Å²) in [6.07, 6.45) is 5.01. The summed E-state index contributed by atoms with van der Waals surface area (Å²) in [5, 5.41) is 9.78. The molecule has 1 saturated heterocycles. The zero-order valence-corrected chi connectivity index (χ0v) is 6.18. The third-order valence-corrected chi connectivity index (χ3v) is 2.82. The molecule has 58 valence electrons. The van der Waals surface area contributed by atoms with E-state index in [-0.39, 0.29) is 0 Å². The van der Waals surface area contributed by atoms with E-state index >= 15 is 0 Å². The second-order valence-electron chi connectivity index (χ2n) is 3.58. The van der Waals surface area contributed by atoms with Gasteiger partial charge in [0.1, 0.15) is 5.60 Å². The predicted molar refractivity (Wildman–Crippen MR) is 37.7 cm³/mol. The Morgan fingerprint density at radius 3 is 2.20 bits per heavy atom. The van der Waals surface area contributed by atoms with Gasteiger partial charge in [0.2, 0.25) is 0 Å². The molecule has 0 unspecified atom stereocenters. The summed E-state index contributed by atoms with van der Waals surface area (Å²) in [6, 6.07) is 0. The number of hydrogen-bond acceptors (Lipinski definition) is 2. The molecule has 0 aromatic carbocycles. The Morgan fingerprint density at radius 1 is 1.20 bits per heavy atom. The fourth-order valence-corrected chi connectivity index (χ4v) is 2.01. The predicted octanol–water partition coefficient (Wildman–Crippen LogP) is 0.938. The fraction of sp³-hybridized carbons (Fsp3) is 1.00. The van der Waals surface area contributed by atoms with Crippen molar-refractivity contribution in [1.29, 1.82) is 0 Å². The van der Waals surface area contributed by atoms with Crippen molar-refractivity contribution in [3.8, 4) is 0 Å². The molecule has 0 bridgehead atoms. The molecule has 0 aromatic heterocycles. The van der Waals surface area contributed by atoms with Gasteiger partial charge in [-0.25, -0.2) is 0 Å². The van der Waals surface area contributed by atoms with Crippen LogP contribution in [-0.2, 0) is 4.74 Å². The van der Waals surface area contributed by atoms with Crippen LogP contribution in [0.5, 0.6) is 0 Å². The van der Waals surface area contributed by atoms with Crippen molar-refractivity contribution in [1.82, 2.24) is 0 Å². The van der Waals surface area contributed by atoms with E-state index in [0.29, 0.717) is 19.1 Å². The van der Waals surface area contributed by atoms with E-state index in [1.807, 2.05) is 0 Å². The molecule has 0 aromatic rings. The molecule has 1 aliphatic carbocycles. The molecule has 2 fully saturated rings. The summed E-state index contributed by atoms with van der Waals surface area (Å²) in [5.41, 5.74) is -0.420. The molecule has 2 heteroatoms. The van der Waals surface area contributed by atoms with Crippen LogP contribution in [-0.4, -0.2) is 23.9 Å². The molecule has 0 spiro atoms. The van der Waals surface area contributed by atoms with Crippen LogP contribution in [0.4, 0.5) is 0 Å². The summed E-state index contributed by atoms with van der Waals surface area (Å²) < 4.78 is 5.00. The highest BCUT2D eigenvalue weighted by atomic mass is 16.5. The first-order chi connectivity index (χ1) is 4.81. The van der Waals surface area contributed by atoms with E-state index in [0.717, 1.165) is 0 Å². The maximum absolute atomic E-state index is 9.78. The number of ether oxygens (including phenoxy) is 1. The maximum Gasteiger partial charge on any atom is 0.114 e. The molecule has 2 aliphatic rings. The van der Waals surface area contributed by atoms with E-state index in [1.165, 1.54) is 25.7 Å². The third kappa shape index (κ3) is 0.867. The number of hydrogen-bond donors (Lipinski definition) is 1. The summed E-state index contributed by atoms with van der Waals surface area (Å²) >= 11 is 0. The normalized spacial score (nSPS) is 32.1. The van der Waals surface area contributed by atoms with E-state index in [2.05, 4.69) is 0 Å². The van der Waals surface area contributed by atoms with Gasteiger partial charge in [-0.05, 0) is 18.8 Å². The number of rotatable bonds is 1. The molecule has 1 N–H and O–H groups in total. The third-order valence-electron chi connectivity index (χ3n) is 2.82. The Hall–Kier alpha value is -0.0800. The highest BCUT2D eigenvalue weighted by Gasteiger charge is 2.44. The first-order valence-corrected chi connectivity index (χ1v) is 4.11. The minimum Gasteiger partial charge on any atom is -0.385 e. The monoisotopic (exact) mass is 142 g/mol. The van der Waals surface area contributed by atoms with Crippen molar-refractivity contribution in [3.63, 3.8) is 0 Å². The summed E-state index contributed by atoms with van der Waals surface area (Å²) in [4.78, 5) is 0. The van der Waals surface area contributed by atoms with Crippen molar-refractivity contribution in [2.24, 2.45) is 5.92 Å². The minimum absolute atomic E-state index is 0.420. The van der Waals surface area contributed by atoms with E-state index in [9.17, 15) is 5.11 Å². The van der Waals surface area contributed by atoms with Gasteiger partial charge in [0.05, 0.1) is 13.2 Å². The average Bonchev–Trinajstić information content (AvgIpc) is 2.33. The topological polar surface area (TPSA) is 29.5 Å². The largest absolute Gasteiger partial charge is 0.385 e. The molecule has 2 rings (SSSR count). The van der Waals surface area contributed by atoms with Crippen LogP contribution in [0.3, 0.4) is 0 Å². The van der Waals surface area contributed by atoms with Crippen molar-refractivity contribution < 1.29 is 9.84 Å². The molecule has 0 amide bonds. The molecule has 0 atom stereocenters. The SMILES string of the molecule is OC1(C2CCCC2)COC1. The Bertz CT molecular complexity index is 123. The zero-order valence-electron chi connectivity index (χ0n) is 6.18. The lowest BCUT2D eigenvalue weighted by Gasteiger charge is -2.41. The Kier molecular flexibility index (Phi) is 1.46. The van der Waals surface area contributed by atoms with E-state index in [1.54, 1.807) is 0 Å². The summed E-state index contributed by atoms with van der Waals surface area (Å²) in [6.45, 7) is 1.16. The molecule has 10 heavy (non-hydrogen) atoms. The van der Waals surface area contributed by atoms with Gasteiger partial charge in [0.15, 0.2) is 0 Å². The van der Waals surface area contributed by atoms with Gasteiger partial charge in [-0.1, -0.05) is 12.8 Å². The Balaban J connectivity index is 1.96. The maximum atomic E-state index is 9.78. The lowest BCUT2D eigenvalue weighted by atomic mass is 9.84. The first kappa shape index (κ1) is 6.62. The highest BCUT2D eigenvalue weighted by molar-refractivity contribution is 4.93. The van der Waals surface area contributed by atoms with Gasteiger partial charge in [0.25, 0.3) is 0 Å². The van der Waals surface area contributed by atoms with Crippen LogP contribution in [0.2, 0.25) is 0 Å². The fourth-order valence-electron chi connectivity index (χ4n) is 2.01. The molecule has 1 heterocycles. The van der Waals surface area contributed by atoms with Gasteiger partial charge in [-0.2, -0.15) is 0 Å². The summed E-state index contributed by atoms with van der Waals surface area (Å²) in [5.74, 6) is 0.543. The van der Waals surface area contributed by atoms with Crippen LogP contribution in [0.1, 0.15) is 25.7 Å². The second-order valence-corrected chi connectivity index (χ2v) is 3.58. The van der Waals surface area contributed by atoms with Gasteiger partial charge in [-0.15, -0.1) is 0 Å². The Morgan fingerprint density at radius 2 is 1.80 bits per heavy atom.